The predicted octanol–water partition coefficient (Wildman–Crippen LogP) is 2.23. The van der Waals surface area contributed by atoms with Crippen LogP contribution in [0.5, 0.6) is 0 Å². The highest BCUT2D eigenvalue weighted by molar-refractivity contribution is 6.04. The molecule has 1 fully saturated rings. The van der Waals surface area contributed by atoms with Gasteiger partial charge in [0.15, 0.2) is 0 Å². The number of hydrogen-bond donors (Lipinski definition) is 2. The second-order valence-corrected chi connectivity index (χ2v) is 6.84. The quantitative estimate of drug-likeness (QED) is 0.651. The van der Waals surface area contributed by atoms with Crippen LogP contribution >= 0.6 is 0 Å². The molecule has 0 radical (unpaired) electrons. The molecule has 1 aliphatic carbocycles. The Bertz CT molecular complexity index is 586. The molecular weight excluding hydrogens is 298 g/mol. The minimum absolute atomic E-state index is 0.0632. The molecule has 2 N–H and O–H groups in total. The monoisotopic (exact) mass is 321 g/mol. The predicted molar refractivity (Wildman–Crippen MR) is 83.2 cm³/mol. The van der Waals surface area contributed by atoms with Crippen LogP contribution in [-0.2, 0) is 20.7 Å². The summed E-state index contributed by atoms with van der Waals surface area (Å²) in [7, 11) is 0. The zero-order valence-electron chi connectivity index (χ0n) is 13.7. The molecule has 1 heterocycles. The third-order valence-corrected chi connectivity index (χ3v) is 3.81. The highest BCUT2D eigenvalue weighted by Gasteiger charge is 2.56. The Kier molecular flexibility index (Phi) is 4.77. The third-order valence-electron chi connectivity index (χ3n) is 3.81. The van der Waals surface area contributed by atoms with Crippen LogP contribution < -0.4 is 0 Å². The Balaban J connectivity index is 0.000000223. The number of carboxylic acids is 1. The largest absolute Gasteiger partial charge is 0.479 e. The summed E-state index contributed by atoms with van der Waals surface area (Å²) < 4.78 is 5.04. The number of nitrogens with zero attached hydrogens (tertiary/aromatic N) is 1. The van der Waals surface area contributed by atoms with E-state index in [1.165, 1.54) is 17.5 Å². The van der Waals surface area contributed by atoms with E-state index in [2.05, 4.69) is 24.3 Å². The Labute approximate surface area is 135 Å². The molecule has 0 saturated carbocycles. The summed E-state index contributed by atoms with van der Waals surface area (Å²) >= 11 is 0. The lowest BCUT2D eigenvalue weighted by Gasteiger charge is -2.31. The molecule has 1 aromatic carbocycles. The van der Waals surface area contributed by atoms with Crippen molar-refractivity contribution in [1.82, 2.24) is 5.06 Å². The van der Waals surface area contributed by atoms with Gasteiger partial charge in [-0.15, -0.1) is 0 Å². The van der Waals surface area contributed by atoms with Gasteiger partial charge in [-0.25, -0.2) is 9.59 Å². The van der Waals surface area contributed by atoms with Crippen LogP contribution in [0.15, 0.2) is 24.3 Å². The highest BCUT2D eigenvalue weighted by atomic mass is 16.6. The number of fused-ring (bicyclic) bond motifs is 1. The maximum Gasteiger partial charge on any atom is 0.341 e. The average molecular weight is 321 g/mol. The topological polar surface area (TPSA) is 87.1 Å². The van der Waals surface area contributed by atoms with Crippen LogP contribution in [0.3, 0.4) is 0 Å². The van der Waals surface area contributed by atoms with Crippen molar-refractivity contribution in [3.8, 4) is 0 Å². The number of benzene rings is 1. The van der Waals surface area contributed by atoms with Crippen LogP contribution in [0.2, 0.25) is 0 Å². The number of carbonyl (C=O) groups is 2. The molecule has 23 heavy (non-hydrogen) atoms. The van der Waals surface area contributed by atoms with Gasteiger partial charge in [0.05, 0.1) is 0 Å². The van der Waals surface area contributed by atoms with E-state index in [4.69, 9.17) is 9.84 Å². The summed E-state index contributed by atoms with van der Waals surface area (Å²) in [5.41, 5.74) is 0.348. The van der Waals surface area contributed by atoms with Crippen molar-refractivity contribution in [2.75, 3.05) is 6.54 Å². The molecule has 1 saturated heterocycles. The zero-order valence-corrected chi connectivity index (χ0v) is 13.7. The van der Waals surface area contributed by atoms with Crippen LogP contribution in [0.4, 0.5) is 0 Å². The van der Waals surface area contributed by atoms with Crippen molar-refractivity contribution in [3.63, 3.8) is 0 Å². The minimum atomic E-state index is -1.94. The van der Waals surface area contributed by atoms with Crippen LogP contribution in [0, 0.1) is 0 Å². The van der Waals surface area contributed by atoms with E-state index in [1.807, 2.05) is 0 Å². The molecular formula is C17H23NO5. The summed E-state index contributed by atoms with van der Waals surface area (Å²) in [6.07, 6.45) is 1.75. The molecule has 126 valence electrons. The van der Waals surface area contributed by atoms with Gasteiger partial charge in [-0.1, -0.05) is 24.3 Å². The van der Waals surface area contributed by atoms with E-state index in [1.54, 1.807) is 20.8 Å². The first-order chi connectivity index (χ1) is 10.7. The molecule has 1 atom stereocenters. The molecule has 0 amide bonds. The van der Waals surface area contributed by atoms with E-state index >= 15 is 0 Å². The van der Waals surface area contributed by atoms with Crippen LogP contribution in [0.25, 0.3) is 0 Å². The normalized spacial score (nSPS) is 22.6. The lowest BCUT2D eigenvalue weighted by molar-refractivity contribution is -0.206. The number of hydrogen-bond acceptors (Lipinski definition) is 5. The van der Waals surface area contributed by atoms with Gasteiger partial charge in [0.1, 0.15) is 5.60 Å². The van der Waals surface area contributed by atoms with E-state index in [-0.39, 0.29) is 13.0 Å². The second-order valence-electron chi connectivity index (χ2n) is 6.84. The van der Waals surface area contributed by atoms with E-state index in [0.29, 0.717) is 11.5 Å². The van der Waals surface area contributed by atoms with E-state index in [9.17, 15) is 14.8 Å². The molecule has 0 bridgehead atoms. The third kappa shape index (κ3) is 3.89. The van der Waals surface area contributed by atoms with Crippen molar-refractivity contribution in [3.05, 3.63) is 35.4 Å². The van der Waals surface area contributed by atoms with Gasteiger partial charge in [0, 0.05) is 6.54 Å². The molecule has 0 spiro atoms. The molecule has 6 nitrogen and oxygen atoms in total. The van der Waals surface area contributed by atoms with E-state index in [0.717, 1.165) is 0 Å². The molecule has 6 heteroatoms. The highest BCUT2D eigenvalue weighted by Crippen LogP contribution is 2.31. The summed E-state index contributed by atoms with van der Waals surface area (Å²) in [5.74, 6) is -2.28. The first-order valence-electron chi connectivity index (χ1n) is 7.67. The molecule has 2 aliphatic rings. The molecule has 1 unspecified atom stereocenters. The van der Waals surface area contributed by atoms with Gasteiger partial charge in [0.2, 0.25) is 5.54 Å². The van der Waals surface area contributed by atoms with Gasteiger partial charge in [-0.05, 0) is 51.2 Å². The van der Waals surface area contributed by atoms with Crippen molar-refractivity contribution in [2.24, 2.45) is 0 Å². The summed E-state index contributed by atoms with van der Waals surface area (Å²) in [4.78, 5) is 23.0. The first-order valence-corrected chi connectivity index (χ1v) is 7.67. The molecule has 1 aromatic rings. The Morgan fingerprint density at radius 2 is 1.78 bits per heavy atom. The van der Waals surface area contributed by atoms with Gasteiger partial charge in [0.25, 0.3) is 0 Å². The standard InChI is InChI=1S/C10H17NO5.C7H6/c1-9(2,3)16-8(14)10(7(12)13)5-4-6-11(10)15;1-2-4-7-5-6(7)3-1/h15H,4-6H2,1-3H3,(H,12,13);1-4H,5H2. The number of aliphatic carboxylic acids is 1. The first kappa shape index (κ1) is 17.4. The molecule has 3 rings (SSSR count). The summed E-state index contributed by atoms with van der Waals surface area (Å²) in [6, 6.07) is 8.53. The van der Waals surface area contributed by atoms with Crippen LogP contribution in [-0.4, -0.2) is 45.0 Å². The van der Waals surface area contributed by atoms with Gasteiger partial charge in [-0.2, -0.15) is 5.06 Å². The fourth-order valence-electron chi connectivity index (χ4n) is 2.52. The van der Waals surface area contributed by atoms with Gasteiger partial charge >= 0.3 is 11.9 Å². The number of carboxylic acid groups (broad SMARTS) is 1. The second kappa shape index (κ2) is 6.29. The SMILES string of the molecule is CC(C)(C)OC(=O)C1(C(=O)O)CCCN1O.c1ccc2c(c1)C2. The van der Waals surface area contributed by atoms with Gasteiger partial charge < -0.3 is 15.1 Å². The summed E-state index contributed by atoms with van der Waals surface area (Å²) in [6.45, 7) is 5.11. The number of ether oxygens (including phenoxy) is 1. The van der Waals surface area contributed by atoms with Gasteiger partial charge in [-0.3, -0.25) is 0 Å². The average Bonchev–Trinajstić information content (AvgIpc) is 3.11. The number of esters is 1. The minimum Gasteiger partial charge on any atom is -0.479 e. The molecule has 0 aromatic heterocycles. The van der Waals surface area contributed by atoms with Crippen molar-refractivity contribution >= 4 is 11.9 Å². The Hall–Kier alpha value is -1.92. The maximum atomic E-state index is 11.8. The maximum absolute atomic E-state index is 11.8. The Morgan fingerprint density at radius 3 is 2.13 bits per heavy atom. The number of carbonyl (C=O) groups excluding carboxylic acids is 1. The Morgan fingerprint density at radius 1 is 1.22 bits per heavy atom. The fraction of sp³-hybridized carbons (Fsp3) is 0.529. The smallest absolute Gasteiger partial charge is 0.341 e. The number of rotatable bonds is 2. The zero-order chi connectivity index (χ0) is 17.3. The summed E-state index contributed by atoms with van der Waals surface area (Å²) in [5, 5.41) is 19.2. The molecule has 1 aliphatic heterocycles. The lowest BCUT2D eigenvalue weighted by atomic mass is 9.97. The fourth-order valence-corrected chi connectivity index (χ4v) is 2.52. The van der Waals surface area contributed by atoms with Crippen molar-refractivity contribution in [1.29, 1.82) is 0 Å². The van der Waals surface area contributed by atoms with Crippen LogP contribution in [0.1, 0.15) is 44.7 Å². The van der Waals surface area contributed by atoms with E-state index < -0.39 is 23.1 Å². The van der Waals surface area contributed by atoms with Crippen molar-refractivity contribution in [2.45, 2.75) is 51.2 Å². The lowest BCUT2D eigenvalue weighted by Crippen LogP contribution is -2.57. The van der Waals surface area contributed by atoms with Crippen molar-refractivity contribution < 1.29 is 24.6 Å². The number of hydroxylamine groups is 2.